The molecule has 0 radical (unpaired) electrons. The van der Waals surface area contributed by atoms with Crippen LogP contribution in [0.15, 0.2) is 55.1 Å². The summed E-state index contributed by atoms with van der Waals surface area (Å²) in [4.78, 5) is 32.5. The first-order valence-corrected chi connectivity index (χ1v) is 9.45. The monoisotopic (exact) mass is 372 g/mol. The Balaban J connectivity index is 1.39. The van der Waals surface area contributed by atoms with Crippen LogP contribution in [0.2, 0.25) is 0 Å². The second-order valence-corrected chi connectivity index (χ2v) is 7.36. The van der Waals surface area contributed by atoms with E-state index in [-0.39, 0.29) is 11.9 Å². The number of benzene rings is 1. The largest absolute Gasteiger partial charge is 0.325 e. The van der Waals surface area contributed by atoms with Gasteiger partial charge in [0.2, 0.25) is 11.9 Å². The summed E-state index contributed by atoms with van der Waals surface area (Å²) < 4.78 is 0. The zero-order valence-electron chi connectivity index (χ0n) is 15.5. The van der Waals surface area contributed by atoms with Crippen LogP contribution in [0, 0.1) is 12.8 Å². The maximum Gasteiger partial charge on any atom is 0.247 e. The summed E-state index contributed by atoms with van der Waals surface area (Å²) in [5.41, 5.74) is 2.72. The molecule has 3 aromatic rings. The van der Waals surface area contributed by atoms with Crippen molar-refractivity contribution in [2.75, 3.05) is 10.2 Å². The average Bonchev–Trinajstić information content (AvgIpc) is 3.40. The Hall–Kier alpha value is -3.35. The van der Waals surface area contributed by atoms with Gasteiger partial charge in [-0.25, -0.2) is 19.9 Å². The summed E-state index contributed by atoms with van der Waals surface area (Å²) in [7, 11) is 0. The SMILES string of the molecule is Cc1ccc(NC(=O)[C@H]2CC3CC3N2c2ncccn2)cc1-c1ncccn1. The van der Waals surface area contributed by atoms with E-state index in [4.69, 9.17) is 0 Å². The van der Waals surface area contributed by atoms with E-state index >= 15 is 0 Å². The minimum Gasteiger partial charge on any atom is -0.325 e. The molecule has 1 amide bonds. The fourth-order valence-corrected chi connectivity index (χ4v) is 4.01. The lowest BCUT2D eigenvalue weighted by Gasteiger charge is -2.26. The van der Waals surface area contributed by atoms with E-state index in [1.165, 1.54) is 0 Å². The Bertz CT molecular complexity index is 1010. The highest BCUT2D eigenvalue weighted by Crippen LogP contribution is 2.49. The van der Waals surface area contributed by atoms with Crippen LogP contribution in [0.3, 0.4) is 0 Å². The lowest BCUT2D eigenvalue weighted by Crippen LogP contribution is -2.43. The maximum absolute atomic E-state index is 13.1. The predicted molar refractivity (Wildman–Crippen MR) is 106 cm³/mol. The Morgan fingerprint density at radius 1 is 1.04 bits per heavy atom. The number of amides is 1. The minimum atomic E-state index is -0.246. The summed E-state index contributed by atoms with van der Waals surface area (Å²) >= 11 is 0. The van der Waals surface area contributed by atoms with E-state index in [1.807, 2.05) is 25.1 Å². The summed E-state index contributed by atoms with van der Waals surface area (Å²) in [6, 6.07) is 9.54. The van der Waals surface area contributed by atoms with E-state index in [1.54, 1.807) is 36.9 Å². The third kappa shape index (κ3) is 2.98. The van der Waals surface area contributed by atoms with Crippen LogP contribution in [0.1, 0.15) is 18.4 Å². The van der Waals surface area contributed by atoms with Crippen LogP contribution in [0.5, 0.6) is 0 Å². The first-order chi connectivity index (χ1) is 13.7. The zero-order valence-corrected chi connectivity index (χ0v) is 15.5. The summed E-state index contributed by atoms with van der Waals surface area (Å²) in [6.07, 6.45) is 8.83. The third-order valence-electron chi connectivity index (χ3n) is 5.50. The van der Waals surface area contributed by atoms with Gasteiger partial charge in [-0.3, -0.25) is 4.79 Å². The number of anilines is 2. The molecule has 1 aliphatic heterocycles. The number of nitrogens with one attached hydrogen (secondary N) is 1. The van der Waals surface area contributed by atoms with Crippen LogP contribution < -0.4 is 10.2 Å². The van der Waals surface area contributed by atoms with Gasteiger partial charge in [-0.15, -0.1) is 0 Å². The van der Waals surface area contributed by atoms with Gasteiger partial charge in [0.05, 0.1) is 0 Å². The number of carbonyl (C=O) groups is 1. The fourth-order valence-electron chi connectivity index (χ4n) is 4.01. The topological polar surface area (TPSA) is 83.9 Å². The van der Waals surface area contributed by atoms with Gasteiger partial charge in [0, 0.05) is 42.1 Å². The van der Waals surface area contributed by atoms with Gasteiger partial charge in [-0.2, -0.15) is 0 Å². The van der Waals surface area contributed by atoms with Gasteiger partial charge < -0.3 is 10.2 Å². The molecule has 140 valence electrons. The lowest BCUT2D eigenvalue weighted by atomic mass is 10.1. The van der Waals surface area contributed by atoms with Crippen LogP contribution in [0.25, 0.3) is 11.4 Å². The van der Waals surface area contributed by atoms with Crippen molar-refractivity contribution in [2.45, 2.75) is 31.8 Å². The van der Waals surface area contributed by atoms with Crippen molar-refractivity contribution in [1.29, 1.82) is 0 Å². The van der Waals surface area contributed by atoms with Crippen LogP contribution in [-0.4, -0.2) is 37.9 Å². The molecule has 5 rings (SSSR count). The molecule has 1 N–H and O–H groups in total. The van der Waals surface area contributed by atoms with Crippen LogP contribution in [0.4, 0.5) is 11.6 Å². The van der Waals surface area contributed by atoms with Crippen LogP contribution in [-0.2, 0) is 4.79 Å². The molecule has 2 aromatic heterocycles. The highest BCUT2D eigenvalue weighted by molar-refractivity contribution is 5.98. The van der Waals surface area contributed by atoms with Crippen molar-refractivity contribution in [1.82, 2.24) is 19.9 Å². The number of hydrogen-bond acceptors (Lipinski definition) is 6. The highest BCUT2D eigenvalue weighted by atomic mass is 16.2. The van der Waals surface area contributed by atoms with E-state index in [2.05, 4.69) is 30.2 Å². The number of aromatic nitrogens is 4. The molecular formula is C21H20N6O. The Morgan fingerprint density at radius 3 is 2.50 bits per heavy atom. The molecule has 1 saturated carbocycles. The molecule has 0 bridgehead atoms. The van der Waals surface area contributed by atoms with Crippen molar-refractivity contribution in [2.24, 2.45) is 5.92 Å². The molecule has 3 heterocycles. The zero-order chi connectivity index (χ0) is 19.1. The Kier molecular flexibility index (Phi) is 4.00. The van der Waals surface area contributed by atoms with Crippen molar-refractivity contribution in [3.8, 4) is 11.4 Å². The highest BCUT2D eigenvalue weighted by Gasteiger charge is 2.55. The van der Waals surface area contributed by atoms with Gasteiger partial charge in [0.25, 0.3) is 0 Å². The van der Waals surface area contributed by atoms with Gasteiger partial charge in [0.1, 0.15) is 6.04 Å². The normalized spacial score (nSPS) is 22.6. The number of fused-ring (bicyclic) bond motifs is 1. The molecule has 0 spiro atoms. The molecule has 1 aliphatic carbocycles. The smallest absolute Gasteiger partial charge is 0.247 e. The minimum absolute atomic E-state index is 0.0246. The van der Waals surface area contributed by atoms with Crippen molar-refractivity contribution >= 4 is 17.5 Å². The van der Waals surface area contributed by atoms with Crippen LogP contribution >= 0.6 is 0 Å². The molecule has 7 nitrogen and oxygen atoms in total. The lowest BCUT2D eigenvalue weighted by molar-refractivity contribution is -0.117. The summed E-state index contributed by atoms with van der Waals surface area (Å²) in [6.45, 7) is 2.01. The quantitative estimate of drug-likeness (QED) is 0.758. The average molecular weight is 372 g/mol. The molecule has 2 fully saturated rings. The van der Waals surface area contributed by atoms with E-state index in [0.29, 0.717) is 23.7 Å². The number of aryl methyl sites for hydroxylation is 1. The number of piperidine rings is 1. The van der Waals surface area contributed by atoms with E-state index in [0.717, 1.165) is 29.7 Å². The number of carbonyl (C=O) groups excluding carboxylic acids is 1. The molecule has 2 aliphatic rings. The predicted octanol–water partition coefficient (Wildman–Crippen LogP) is 2.85. The first kappa shape index (κ1) is 16.8. The van der Waals surface area contributed by atoms with Gasteiger partial charge in [0.15, 0.2) is 5.82 Å². The number of rotatable bonds is 4. The molecule has 2 unspecified atom stereocenters. The van der Waals surface area contributed by atoms with Gasteiger partial charge in [-0.1, -0.05) is 6.07 Å². The van der Waals surface area contributed by atoms with E-state index in [9.17, 15) is 4.79 Å². The standard InChI is InChI=1S/C21H20N6O/c1-13-4-5-15(12-16(13)19-22-6-2-7-23-19)26-20(28)18-11-14-10-17(14)27(18)21-24-8-3-9-25-21/h2-9,12,14,17-18H,10-11H2,1H3,(H,26,28)/t14?,17?,18-/m1/s1. The molecule has 28 heavy (non-hydrogen) atoms. The number of hydrogen-bond donors (Lipinski definition) is 1. The molecule has 1 aromatic carbocycles. The molecular weight excluding hydrogens is 352 g/mol. The third-order valence-corrected chi connectivity index (χ3v) is 5.50. The molecule has 1 saturated heterocycles. The maximum atomic E-state index is 13.1. The van der Waals surface area contributed by atoms with Gasteiger partial charge >= 0.3 is 0 Å². The summed E-state index contributed by atoms with van der Waals surface area (Å²) in [5, 5.41) is 3.07. The molecule has 3 atom stereocenters. The second-order valence-electron chi connectivity index (χ2n) is 7.36. The second kappa shape index (κ2) is 6.67. The number of nitrogens with zero attached hydrogens (tertiary/aromatic N) is 5. The Morgan fingerprint density at radius 2 is 1.75 bits per heavy atom. The van der Waals surface area contributed by atoms with Crippen molar-refractivity contribution in [3.05, 3.63) is 60.7 Å². The van der Waals surface area contributed by atoms with Gasteiger partial charge in [-0.05, 0) is 55.5 Å². The van der Waals surface area contributed by atoms with E-state index < -0.39 is 0 Å². The first-order valence-electron chi connectivity index (χ1n) is 9.45. The van der Waals surface area contributed by atoms with Crippen molar-refractivity contribution in [3.63, 3.8) is 0 Å². The Labute approximate surface area is 162 Å². The summed E-state index contributed by atoms with van der Waals surface area (Å²) in [5.74, 6) is 1.82. The molecule has 7 heteroatoms. The van der Waals surface area contributed by atoms with Crippen molar-refractivity contribution < 1.29 is 4.79 Å². The fraction of sp³-hybridized carbons (Fsp3) is 0.286.